The lowest BCUT2D eigenvalue weighted by Gasteiger charge is -2.20. The zero-order valence-corrected chi connectivity index (χ0v) is 14.5. The maximum Gasteiger partial charge on any atom is 0.0597 e. The monoisotopic (exact) mass is 346 g/mol. The maximum atomic E-state index is 3.56. The highest BCUT2D eigenvalue weighted by Gasteiger charge is 2.07. The van der Waals surface area contributed by atoms with Crippen molar-refractivity contribution >= 4 is 27.3 Å². The minimum atomic E-state index is 0.564. The van der Waals surface area contributed by atoms with Crippen LogP contribution in [0.5, 0.6) is 0 Å². The van der Waals surface area contributed by atoms with Crippen molar-refractivity contribution < 1.29 is 0 Å². The van der Waals surface area contributed by atoms with Crippen LogP contribution in [0.4, 0.5) is 11.4 Å². The van der Waals surface area contributed by atoms with Gasteiger partial charge in [-0.15, -0.1) is 0 Å². The van der Waals surface area contributed by atoms with E-state index in [9.17, 15) is 0 Å². The van der Waals surface area contributed by atoms with E-state index >= 15 is 0 Å². The summed E-state index contributed by atoms with van der Waals surface area (Å²) in [5.74, 6) is 0.564. The van der Waals surface area contributed by atoms with E-state index in [2.05, 4.69) is 95.7 Å². The van der Waals surface area contributed by atoms with Crippen molar-refractivity contribution in [2.24, 2.45) is 0 Å². The molecule has 3 heteroatoms. The number of halogens is 1. The fourth-order valence-electron chi connectivity index (χ4n) is 2.41. The standard InChI is InChI=1S/C18H23BrN2/c1-14(15-7-5-4-6-8-15)11-12-20-17-13-16(19)9-10-18(17)21(2)3/h4-10,13-14,20H,11-12H2,1-3H3. The molecule has 1 unspecified atom stereocenters. The molecule has 0 aliphatic heterocycles. The molecule has 2 rings (SSSR count). The van der Waals surface area contributed by atoms with E-state index in [0.717, 1.165) is 17.4 Å². The number of benzene rings is 2. The first-order valence-electron chi connectivity index (χ1n) is 7.33. The molecule has 0 spiro atoms. The lowest BCUT2D eigenvalue weighted by atomic mass is 9.98. The summed E-state index contributed by atoms with van der Waals surface area (Å²) in [7, 11) is 4.14. The number of rotatable bonds is 6. The van der Waals surface area contributed by atoms with Crippen LogP contribution in [-0.4, -0.2) is 20.6 Å². The van der Waals surface area contributed by atoms with Gasteiger partial charge < -0.3 is 10.2 Å². The average Bonchev–Trinajstić information content (AvgIpc) is 2.48. The molecule has 2 nitrogen and oxygen atoms in total. The normalized spacial score (nSPS) is 12.0. The quantitative estimate of drug-likeness (QED) is 0.780. The molecule has 0 amide bonds. The van der Waals surface area contributed by atoms with Gasteiger partial charge in [-0.1, -0.05) is 53.2 Å². The molecule has 2 aromatic rings. The molecule has 0 aliphatic rings. The van der Waals surface area contributed by atoms with E-state index in [-0.39, 0.29) is 0 Å². The molecular weight excluding hydrogens is 324 g/mol. The summed E-state index contributed by atoms with van der Waals surface area (Å²) >= 11 is 3.54. The molecule has 1 N–H and O–H groups in total. The highest BCUT2D eigenvalue weighted by Crippen LogP contribution is 2.28. The topological polar surface area (TPSA) is 15.3 Å². The van der Waals surface area contributed by atoms with Gasteiger partial charge in [-0.3, -0.25) is 0 Å². The highest BCUT2D eigenvalue weighted by molar-refractivity contribution is 9.10. The fraction of sp³-hybridized carbons (Fsp3) is 0.333. The Bertz CT molecular complexity index is 567. The number of anilines is 2. The SMILES string of the molecule is CC(CCNc1cc(Br)ccc1N(C)C)c1ccccc1. The van der Waals surface area contributed by atoms with E-state index in [4.69, 9.17) is 0 Å². The van der Waals surface area contributed by atoms with Crippen molar-refractivity contribution in [3.8, 4) is 0 Å². The number of hydrogen-bond acceptors (Lipinski definition) is 2. The zero-order chi connectivity index (χ0) is 15.2. The minimum absolute atomic E-state index is 0.564. The summed E-state index contributed by atoms with van der Waals surface area (Å²) in [6, 6.07) is 17.0. The van der Waals surface area contributed by atoms with E-state index < -0.39 is 0 Å². The van der Waals surface area contributed by atoms with Crippen LogP contribution >= 0.6 is 15.9 Å². The minimum Gasteiger partial charge on any atom is -0.383 e. The second kappa shape index (κ2) is 7.51. The molecule has 0 aliphatic carbocycles. The molecule has 0 heterocycles. The molecule has 1 atom stereocenters. The fourth-order valence-corrected chi connectivity index (χ4v) is 2.77. The zero-order valence-electron chi connectivity index (χ0n) is 12.9. The van der Waals surface area contributed by atoms with Crippen molar-refractivity contribution in [3.05, 3.63) is 58.6 Å². The van der Waals surface area contributed by atoms with Crippen LogP contribution in [0, 0.1) is 0 Å². The largest absolute Gasteiger partial charge is 0.383 e. The van der Waals surface area contributed by atoms with E-state index in [1.165, 1.54) is 16.9 Å². The summed E-state index contributed by atoms with van der Waals surface area (Å²) < 4.78 is 1.10. The van der Waals surface area contributed by atoms with Gasteiger partial charge >= 0.3 is 0 Å². The summed E-state index contributed by atoms with van der Waals surface area (Å²) in [5.41, 5.74) is 3.79. The third kappa shape index (κ3) is 4.50. The predicted octanol–water partition coefficient (Wildman–Crippen LogP) is 5.12. The predicted molar refractivity (Wildman–Crippen MR) is 96.4 cm³/mol. The first-order chi connectivity index (χ1) is 10.1. The Hall–Kier alpha value is -1.48. The Balaban J connectivity index is 1.96. The van der Waals surface area contributed by atoms with Crippen molar-refractivity contribution in [1.82, 2.24) is 0 Å². The summed E-state index contributed by atoms with van der Waals surface area (Å²) in [6.07, 6.45) is 1.11. The Kier molecular flexibility index (Phi) is 5.68. The van der Waals surface area contributed by atoms with Gasteiger partial charge in [0, 0.05) is 25.1 Å². The van der Waals surface area contributed by atoms with Crippen LogP contribution in [0.2, 0.25) is 0 Å². The third-order valence-corrected chi connectivity index (χ3v) is 4.20. The molecule has 0 fully saturated rings. The Morgan fingerprint density at radius 1 is 1.10 bits per heavy atom. The lowest BCUT2D eigenvalue weighted by Crippen LogP contribution is -2.13. The molecule has 112 valence electrons. The van der Waals surface area contributed by atoms with Crippen molar-refractivity contribution in [2.75, 3.05) is 30.9 Å². The number of nitrogens with zero attached hydrogens (tertiary/aromatic N) is 1. The van der Waals surface area contributed by atoms with E-state index in [1.54, 1.807) is 0 Å². The number of nitrogens with one attached hydrogen (secondary N) is 1. The molecule has 0 saturated carbocycles. The van der Waals surface area contributed by atoms with Gasteiger partial charge in [0.15, 0.2) is 0 Å². The molecule has 0 aromatic heterocycles. The maximum absolute atomic E-state index is 3.56. The molecular formula is C18H23BrN2. The number of hydrogen-bond donors (Lipinski definition) is 1. The summed E-state index contributed by atoms with van der Waals surface area (Å²) in [6.45, 7) is 3.25. The van der Waals surface area contributed by atoms with Crippen LogP contribution < -0.4 is 10.2 Å². The van der Waals surface area contributed by atoms with Crippen LogP contribution in [0.15, 0.2) is 53.0 Å². The van der Waals surface area contributed by atoms with Gasteiger partial charge in [-0.25, -0.2) is 0 Å². The van der Waals surface area contributed by atoms with Crippen molar-refractivity contribution in [1.29, 1.82) is 0 Å². The summed E-state index contributed by atoms with van der Waals surface area (Å²) in [5, 5.41) is 3.56. The van der Waals surface area contributed by atoms with E-state index in [0.29, 0.717) is 5.92 Å². The van der Waals surface area contributed by atoms with Gasteiger partial charge in [-0.05, 0) is 36.1 Å². The smallest absolute Gasteiger partial charge is 0.0597 e. The van der Waals surface area contributed by atoms with Gasteiger partial charge in [0.2, 0.25) is 0 Å². The molecule has 2 aromatic carbocycles. The molecule has 0 radical (unpaired) electrons. The van der Waals surface area contributed by atoms with Gasteiger partial charge in [0.25, 0.3) is 0 Å². The molecule has 21 heavy (non-hydrogen) atoms. The van der Waals surface area contributed by atoms with Crippen LogP contribution in [0.3, 0.4) is 0 Å². The first-order valence-corrected chi connectivity index (χ1v) is 8.13. The molecule has 0 saturated heterocycles. The second-order valence-electron chi connectivity index (χ2n) is 5.58. The summed E-state index contributed by atoms with van der Waals surface area (Å²) in [4.78, 5) is 2.13. The highest BCUT2D eigenvalue weighted by atomic mass is 79.9. The van der Waals surface area contributed by atoms with Crippen molar-refractivity contribution in [3.63, 3.8) is 0 Å². The lowest BCUT2D eigenvalue weighted by molar-refractivity contribution is 0.706. The van der Waals surface area contributed by atoms with Gasteiger partial charge in [0.05, 0.1) is 11.4 Å². The van der Waals surface area contributed by atoms with Crippen LogP contribution in [0.1, 0.15) is 24.8 Å². The van der Waals surface area contributed by atoms with Crippen LogP contribution in [0.25, 0.3) is 0 Å². The van der Waals surface area contributed by atoms with Crippen molar-refractivity contribution in [2.45, 2.75) is 19.3 Å². The van der Waals surface area contributed by atoms with Gasteiger partial charge in [0.1, 0.15) is 0 Å². The van der Waals surface area contributed by atoms with E-state index in [1.807, 2.05) is 0 Å². The average molecular weight is 347 g/mol. The van der Waals surface area contributed by atoms with Crippen LogP contribution in [-0.2, 0) is 0 Å². The molecule has 0 bridgehead atoms. The third-order valence-electron chi connectivity index (χ3n) is 3.70. The Labute approximate surface area is 136 Å². The second-order valence-corrected chi connectivity index (χ2v) is 6.50. The van der Waals surface area contributed by atoms with Gasteiger partial charge in [-0.2, -0.15) is 0 Å². The Morgan fingerprint density at radius 3 is 2.48 bits per heavy atom. The Morgan fingerprint density at radius 2 is 1.81 bits per heavy atom. The first kappa shape index (κ1) is 15.9.